The Kier molecular flexibility index (Phi) is 3.61. The smallest absolute Gasteiger partial charge is 0.243 e. The van der Waals surface area contributed by atoms with Crippen LogP contribution in [0.3, 0.4) is 0 Å². The molecule has 2 aliphatic rings. The lowest BCUT2D eigenvalue weighted by molar-refractivity contribution is 0.158. The number of hydrogen-bond acceptors (Lipinski definition) is 5. The van der Waals surface area contributed by atoms with E-state index in [1.807, 2.05) is 0 Å². The zero-order chi connectivity index (χ0) is 12.4. The first-order valence-electron chi connectivity index (χ1n) is 7.06. The van der Waals surface area contributed by atoms with Crippen molar-refractivity contribution in [1.82, 2.24) is 15.5 Å². The highest BCUT2D eigenvalue weighted by Gasteiger charge is 2.34. The third kappa shape index (κ3) is 2.42. The fourth-order valence-electron chi connectivity index (χ4n) is 3.30. The minimum atomic E-state index is 0.0712. The standard InChI is InChI=1S/C13H21N3O2/c17-8-7-12-15-13(18-16-12)11-6-5-9-3-1-2-4-10(9)14-11/h9-11,14,17H,1-8H2. The van der Waals surface area contributed by atoms with E-state index in [1.165, 1.54) is 32.1 Å². The maximum Gasteiger partial charge on any atom is 0.243 e. The molecule has 1 aromatic rings. The van der Waals surface area contributed by atoms with Gasteiger partial charge in [0.15, 0.2) is 5.82 Å². The molecule has 2 fully saturated rings. The maximum absolute atomic E-state index is 8.86. The van der Waals surface area contributed by atoms with Gasteiger partial charge >= 0.3 is 0 Å². The van der Waals surface area contributed by atoms with E-state index in [9.17, 15) is 0 Å². The molecule has 0 bridgehead atoms. The molecule has 18 heavy (non-hydrogen) atoms. The van der Waals surface area contributed by atoms with Gasteiger partial charge in [-0.3, -0.25) is 0 Å². The van der Waals surface area contributed by atoms with Crippen LogP contribution in [0.15, 0.2) is 4.52 Å². The average Bonchev–Trinajstić information content (AvgIpc) is 2.87. The molecule has 5 heteroatoms. The van der Waals surface area contributed by atoms with Crippen molar-refractivity contribution in [2.75, 3.05) is 6.61 Å². The Morgan fingerprint density at radius 3 is 3.00 bits per heavy atom. The van der Waals surface area contributed by atoms with Gasteiger partial charge in [0.1, 0.15) is 0 Å². The lowest BCUT2D eigenvalue weighted by atomic mass is 9.78. The number of aromatic nitrogens is 2. The Bertz CT molecular complexity index is 393. The number of nitrogens with zero attached hydrogens (tertiary/aromatic N) is 2. The minimum absolute atomic E-state index is 0.0712. The second kappa shape index (κ2) is 5.36. The van der Waals surface area contributed by atoms with Crippen molar-refractivity contribution >= 4 is 0 Å². The van der Waals surface area contributed by atoms with Crippen LogP contribution in [0.25, 0.3) is 0 Å². The third-order valence-corrected chi connectivity index (χ3v) is 4.27. The summed E-state index contributed by atoms with van der Waals surface area (Å²) in [5, 5.41) is 16.4. The summed E-state index contributed by atoms with van der Waals surface area (Å²) in [5.41, 5.74) is 0. The number of rotatable bonds is 3. The maximum atomic E-state index is 8.86. The van der Waals surface area contributed by atoms with Crippen LogP contribution < -0.4 is 5.32 Å². The molecule has 3 atom stereocenters. The molecule has 1 saturated heterocycles. The fourth-order valence-corrected chi connectivity index (χ4v) is 3.30. The molecule has 1 aliphatic heterocycles. The first-order valence-corrected chi connectivity index (χ1v) is 7.06. The minimum Gasteiger partial charge on any atom is -0.396 e. The molecule has 1 saturated carbocycles. The summed E-state index contributed by atoms with van der Waals surface area (Å²) in [5.74, 6) is 2.15. The normalized spacial score (nSPS) is 32.2. The van der Waals surface area contributed by atoms with Crippen LogP contribution in [-0.4, -0.2) is 27.9 Å². The second-order valence-electron chi connectivity index (χ2n) is 5.47. The lowest BCUT2D eigenvalue weighted by Gasteiger charge is -2.39. The van der Waals surface area contributed by atoms with Crippen molar-refractivity contribution in [2.24, 2.45) is 5.92 Å². The predicted octanol–water partition coefficient (Wildman–Crippen LogP) is 1.59. The van der Waals surface area contributed by atoms with Crippen molar-refractivity contribution in [1.29, 1.82) is 0 Å². The van der Waals surface area contributed by atoms with Crippen LogP contribution in [0.4, 0.5) is 0 Å². The molecule has 0 spiro atoms. The van der Waals surface area contributed by atoms with E-state index in [1.54, 1.807) is 0 Å². The summed E-state index contributed by atoms with van der Waals surface area (Å²) in [6.45, 7) is 0.0712. The van der Waals surface area contributed by atoms with Crippen molar-refractivity contribution in [3.05, 3.63) is 11.7 Å². The van der Waals surface area contributed by atoms with Crippen LogP contribution >= 0.6 is 0 Å². The Morgan fingerprint density at radius 2 is 2.11 bits per heavy atom. The summed E-state index contributed by atoms with van der Waals surface area (Å²) >= 11 is 0. The number of piperidine rings is 1. The molecule has 2 heterocycles. The van der Waals surface area contributed by atoms with E-state index in [2.05, 4.69) is 15.5 Å². The molecule has 1 aliphatic carbocycles. The third-order valence-electron chi connectivity index (χ3n) is 4.27. The van der Waals surface area contributed by atoms with E-state index < -0.39 is 0 Å². The highest BCUT2D eigenvalue weighted by Crippen LogP contribution is 2.36. The Labute approximate surface area is 107 Å². The second-order valence-corrected chi connectivity index (χ2v) is 5.47. The molecule has 1 aromatic heterocycles. The van der Waals surface area contributed by atoms with E-state index in [4.69, 9.17) is 9.63 Å². The Morgan fingerprint density at radius 1 is 1.22 bits per heavy atom. The summed E-state index contributed by atoms with van der Waals surface area (Å²) in [4.78, 5) is 4.36. The predicted molar refractivity (Wildman–Crippen MR) is 65.9 cm³/mol. The molecule has 3 unspecified atom stereocenters. The van der Waals surface area contributed by atoms with Crippen LogP contribution in [0.2, 0.25) is 0 Å². The van der Waals surface area contributed by atoms with Gasteiger partial charge in [-0.15, -0.1) is 0 Å². The number of aliphatic hydroxyl groups is 1. The Balaban J connectivity index is 1.65. The lowest BCUT2D eigenvalue weighted by Crippen LogP contribution is -2.44. The van der Waals surface area contributed by atoms with Gasteiger partial charge in [0.05, 0.1) is 12.6 Å². The van der Waals surface area contributed by atoms with Gasteiger partial charge in [-0.25, -0.2) is 0 Å². The number of nitrogens with one attached hydrogen (secondary N) is 1. The molecule has 0 radical (unpaired) electrons. The largest absolute Gasteiger partial charge is 0.396 e. The van der Waals surface area contributed by atoms with Gasteiger partial charge in [-0.05, 0) is 31.6 Å². The highest BCUT2D eigenvalue weighted by molar-refractivity contribution is 4.99. The summed E-state index contributed by atoms with van der Waals surface area (Å²) < 4.78 is 5.30. The van der Waals surface area contributed by atoms with E-state index in [0.717, 1.165) is 12.3 Å². The summed E-state index contributed by atoms with van der Waals surface area (Å²) in [6, 6.07) is 0.843. The zero-order valence-electron chi connectivity index (χ0n) is 10.6. The first kappa shape index (κ1) is 12.1. The first-order chi connectivity index (χ1) is 8.86. The molecule has 100 valence electrons. The van der Waals surface area contributed by atoms with Gasteiger partial charge in [0.2, 0.25) is 5.89 Å². The van der Waals surface area contributed by atoms with Crippen molar-refractivity contribution in [3.63, 3.8) is 0 Å². The summed E-state index contributed by atoms with van der Waals surface area (Å²) in [7, 11) is 0. The van der Waals surface area contributed by atoms with Gasteiger partial charge in [0, 0.05) is 12.5 Å². The zero-order valence-corrected chi connectivity index (χ0v) is 10.6. The average molecular weight is 251 g/mol. The van der Waals surface area contributed by atoms with Crippen LogP contribution in [0, 0.1) is 5.92 Å². The molecule has 0 amide bonds. The molecule has 0 aromatic carbocycles. The monoisotopic (exact) mass is 251 g/mol. The molecule has 5 nitrogen and oxygen atoms in total. The number of aliphatic hydroxyl groups excluding tert-OH is 1. The van der Waals surface area contributed by atoms with E-state index in [0.29, 0.717) is 24.2 Å². The molecule has 3 rings (SSSR count). The SMILES string of the molecule is OCCc1noc(C2CCC3CCCCC3N2)n1. The van der Waals surface area contributed by atoms with Crippen molar-refractivity contribution < 1.29 is 9.63 Å². The van der Waals surface area contributed by atoms with Crippen molar-refractivity contribution in [2.45, 2.75) is 57.0 Å². The number of hydrogen-bond donors (Lipinski definition) is 2. The van der Waals surface area contributed by atoms with Crippen LogP contribution in [-0.2, 0) is 6.42 Å². The van der Waals surface area contributed by atoms with Crippen molar-refractivity contribution in [3.8, 4) is 0 Å². The van der Waals surface area contributed by atoms with Gasteiger partial charge in [-0.2, -0.15) is 4.98 Å². The van der Waals surface area contributed by atoms with Gasteiger partial charge in [0.25, 0.3) is 0 Å². The van der Waals surface area contributed by atoms with Crippen LogP contribution in [0.1, 0.15) is 56.3 Å². The van der Waals surface area contributed by atoms with E-state index in [-0.39, 0.29) is 12.6 Å². The van der Waals surface area contributed by atoms with Gasteiger partial charge in [-0.1, -0.05) is 18.0 Å². The fraction of sp³-hybridized carbons (Fsp3) is 0.846. The molecule has 2 N–H and O–H groups in total. The highest BCUT2D eigenvalue weighted by atomic mass is 16.5. The van der Waals surface area contributed by atoms with E-state index >= 15 is 0 Å². The number of fused-ring (bicyclic) bond motifs is 1. The quantitative estimate of drug-likeness (QED) is 0.853. The molecular weight excluding hydrogens is 230 g/mol. The topological polar surface area (TPSA) is 71.2 Å². The Hall–Kier alpha value is -0.940. The van der Waals surface area contributed by atoms with Gasteiger partial charge < -0.3 is 14.9 Å². The summed E-state index contributed by atoms with van der Waals surface area (Å²) in [6.07, 6.45) is 8.18. The van der Waals surface area contributed by atoms with Crippen LogP contribution in [0.5, 0.6) is 0 Å². The molecular formula is C13H21N3O2.